The van der Waals surface area contributed by atoms with Gasteiger partial charge in [-0.3, -0.25) is 9.59 Å². The number of rotatable bonds is 7. The maximum atomic E-state index is 13.0. The molecule has 0 atom stereocenters. The second-order valence-corrected chi connectivity index (χ2v) is 6.71. The van der Waals surface area contributed by atoms with Gasteiger partial charge in [0, 0.05) is 49.4 Å². The molecule has 1 saturated heterocycles. The predicted octanol–water partition coefficient (Wildman–Crippen LogP) is 2.69. The lowest BCUT2D eigenvalue weighted by Gasteiger charge is -2.34. The molecule has 1 fully saturated rings. The summed E-state index contributed by atoms with van der Waals surface area (Å²) in [6.45, 7) is 4.43. The van der Waals surface area contributed by atoms with E-state index in [4.69, 9.17) is 9.84 Å². The highest BCUT2D eigenvalue weighted by atomic mass is 16.5. The standard InChI is InChI=1S/C20H26N2O4/c1-2-21-14-15(17-5-3-4-6-18(17)21)13-19(23)22(10-7-20(24)25)16-8-11-26-12-9-16/h3-6,14,16H,2,7-13H2,1H3,(H,24,25). The van der Waals surface area contributed by atoms with E-state index >= 15 is 0 Å². The van der Waals surface area contributed by atoms with E-state index in [1.165, 1.54) is 0 Å². The molecule has 0 aliphatic carbocycles. The molecule has 26 heavy (non-hydrogen) atoms. The second kappa shape index (κ2) is 8.36. The number of benzene rings is 1. The number of hydrogen-bond donors (Lipinski definition) is 1. The molecule has 0 saturated carbocycles. The third-order valence-corrected chi connectivity index (χ3v) is 5.07. The summed E-state index contributed by atoms with van der Waals surface area (Å²) < 4.78 is 7.54. The van der Waals surface area contributed by atoms with Crippen molar-refractivity contribution < 1.29 is 19.4 Å². The number of aliphatic carboxylic acids is 1. The zero-order chi connectivity index (χ0) is 18.5. The van der Waals surface area contributed by atoms with Crippen LogP contribution in [0.25, 0.3) is 10.9 Å². The first-order valence-electron chi connectivity index (χ1n) is 9.26. The predicted molar refractivity (Wildman–Crippen MR) is 99.1 cm³/mol. The van der Waals surface area contributed by atoms with E-state index in [0.29, 0.717) is 19.6 Å². The van der Waals surface area contributed by atoms with Gasteiger partial charge in [0.05, 0.1) is 12.8 Å². The first-order chi connectivity index (χ1) is 12.6. The van der Waals surface area contributed by atoms with Gasteiger partial charge in [0.25, 0.3) is 0 Å². The molecule has 6 heteroatoms. The van der Waals surface area contributed by atoms with Crippen LogP contribution in [-0.2, 0) is 27.3 Å². The van der Waals surface area contributed by atoms with Crippen LogP contribution in [0.2, 0.25) is 0 Å². The van der Waals surface area contributed by atoms with Crippen molar-refractivity contribution in [3.63, 3.8) is 0 Å². The largest absolute Gasteiger partial charge is 0.481 e. The maximum Gasteiger partial charge on any atom is 0.305 e. The number of amides is 1. The Bertz CT molecular complexity index is 777. The molecule has 1 N–H and O–H groups in total. The number of carbonyl (C=O) groups excluding carboxylic acids is 1. The van der Waals surface area contributed by atoms with Gasteiger partial charge in [0.2, 0.25) is 5.91 Å². The minimum atomic E-state index is -0.877. The number of carboxylic acids is 1. The smallest absolute Gasteiger partial charge is 0.305 e. The highest BCUT2D eigenvalue weighted by Crippen LogP contribution is 2.23. The van der Waals surface area contributed by atoms with Gasteiger partial charge < -0.3 is 19.3 Å². The second-order valence-electron chi connectivity index (χ2n) is 6.71. The molecule has 1 aliphatic rings. The number of para-hydroxylation sites is 1. The molecule has 3 rings (SSSR count). The number of nitrogens with zero attached hydrogens (tertiary/aromatic N) is 2. The van der Waals surface area contributed by atoms with E-state index in [1.807, 2.05) is 24.4 Å². The molecule has 2 aromatic rings. The SMILES string of the molecule is CCn1cc(CC(=O)N(CCC(=O)O)C2CCOCC2)c2ccccc21. The minimum Gasteiger partial charge on any atom is -0.481 e. The van der Waals surface area contributed by atoms with Crippen molar-refractivity contribution in [3.05, 3.63) is 36.0 Å². The third kappa shape index (κ3) is 4.07. The average molecular weight is 358 g/mol. The summed E-state index contributed by atoms with van der Waals surface area (Å²) in [5.41, 5.74) is 2.13. The Hall–Kier alpha value is -2.34. The third-order valence-electron chi connectivity index (χ3n) is 5.07. The summed E-state index contributed by atoms with van der Waals surface area (Å²) in [7, 11) is 0. The van der Waals surface area contributed by atoms with Gasteiger partial charge >= 0.3 is 5.97 Å². The van der Waals surface area contributed by atoms with E-state index in [2.05, 4.69) is 17.6 Å². The molecular weight excluding hydrogens is 332 g/mol. The summed E-state index contributed by atoms with van der Waals surface area (Å²) in [6.07, 6.45) is 3.84. The molecule has 1 aromatic carbocycles. The summed E-state index contributed by atoms with van der Waals surface area (Å²) in [4.78, 5) is 25.8. The van der Waals surface area contributed by atoms with Crippen LogP contribution in [0.15, 0.2) is 30.5 Å². The molecule has 6 nitrogen and oxygen atoms in total. The van der Waals surface area contributed by atoms with Crippen LogP contribution in [0.4, 0.5) is 0 Å². The lowest BCUT2D eigenvalue weighted by atomic mass is 10.0. The fourth-order valence-corrected chi connectivity index (χ4v) is 3.71. The summed E-state index contributed by atoms with van der Waals surface area (Å²) in [6, 6.07) is 8.15. The van der Waals surface area contributed by atoms with Gasteiger partial charge in [-0.1, -0.05) is 18.2 Å². The van der Waals surface area contributed by atoms with Gasteiger partial charge in [-0.15, -0.1) is 0 Å². The highest BCUT2D eigenvalue weighted by Gasteiger charge is 2.27. The molecule has 1 aromatic heterocycles. The Balaban J connectivity index is 1.81. The maximum absolute atomic E-state index is 13.0. The van der Waals surface area contributed by atoms with Gasteiger partial charge in [-0.25, -0.2) is 0 Å². The van der Waals surface area contributed by atoms with E-state index in [-0.39, 0.29) is 24.9 Å². The molecule has 140 valence electrons. The van der Waals surface area contributed by atoms with Gasteiger partial charge in [-0.05, 0) is 31.4 Å². The number of aryl methyl sites for hydroxylation is 1. The first kappa shape index (κ1) is 18.5. The van der Waals surface area contributed by atoms with Crippen LogP contribution in [0, 0.1) is 0 Å². The Labute approximate surface area is 153 Å². The summed E-state index contributed by atoms with van der Waals surface area (Å²) in [5.74, 6) is -0.880. The molecule has 1 amide bonds. The minimum absolute atomic E-state index is 0.00263. The Morgan fingerprint density at radius 3 is 2.69 bits per heavy atom. The van der Waals surface area contributed by atoms with Crippen LogP contribution >= 0.6 is 0 Å². The lowest BCUT2D eigenvalue weighted by molar-refractivity contribution is -0.140. The molecule has 2 heterocycles. The Morgan fingerprint density at radius 2 is 2.00 bits per heavy atom. The zero-order valence-corrected chi connectivity index (χ0v) is 15.2. The van der Waals surface area contributed by atoms with Crippen molar-refractivity contribution in [3.8, 4) is 0 Å². The van der Waals surface area contributed by atoms with Crippen molar-refractivity contribution in [2.45, 2.75) is 45.2 Å². The van der Waals surface area contributed by atoms with Gasteiger partial charge in [-0.2, -0.15) is 0 Å². The average Bonchev–Trinajstić information content (AvgIpc) is 3.00. The Kier molecular flexibility index (Phi) is 5.93. The van der Waals surface area contributed by atoms with E-state index < -0.39 is 5.97 Å². The van der Waals surface area contributed by atoms with Crippen LogP contribution in [0.5, 0.6) is 0 Å². The number of carbonyl (C=O) groups is 2. The number of carboxylic acid groups (broad SMARTS) is 1. The number of fused-ring (bicyclic) bond motifs is 1. The van der Waals surface area contributed by atoms with Crippen LogP contribution < -0.4 is 0 Å². The molecule has 0 radical (unpaired) electrons. The number of aromatic nitrogens is 1. The number of hydrogen-bond acceptors (Lipinski definition) is 3. The highest BCUT2D eigenvalue weighted by molar-refractivity contribution is 5.89. The van der Waals surface area contributed by atoms with Gasteiger partial charge in [0.1, 0.15) is 0 Å². The van der Waals surface area contributed by atoms with E-state index in [9.17, 15) is 9.59 Å². The van der Waals surface area contributed by atoms with E-state index in [0.717, 1.165) is 35.9 Å². The van der Waals surface area contributed by atoms with Crippen molar-refractivity contribution in [2.24, 2.45) is 0 Å². The molecule has 0 bridgehead atoms. The first-order valence-corrected chi connectivity index (χ1v) is 9.26. The molecular formula is C20H26N2O4. The molecule has 0 spiro atoms. The van der Waals surface area contributed by atoms with Crippen molar-refractivity contribution in [2.75, 3.05) is 19.8 Å². The summed E-state index contributed by atoms with van der Waals surface area (Å²) in [5, 5.41) is 10.1. The number of ether oxygens (including phenoxy) is 1. The fourth-order valence-electron chi connectivity index (χ4n) is 3.71. The monoisotopic (exact) mass is 358 g/mol. The molecule has 1 aliphatic heterocycles. The fraction of sp³-hybridized carbons (Fsp3) is 0.500. The lowest BCUT2D eigenvalue weighted by Crippen LogP contribution is -2.45. The van der Waals surface area contributed by atoms with Gasteiger partial charge in [0.15, 0.2) is 0 Å². The van der Waals surface area contributed by atoms with Crippen LogP contribution in [0.1, 0.15) is 31.7 Å². The topological polar surface area (TPSA) is 71.8 Å². The zero-order valence-electron chi connectivity index (χ0n) is 15.2. The van der Waals surface area contributed by atoms with Crippen molar-refractivity contribution >= 4 is 22.8 Å². The van der Waals surface area contributed by atoms with E-state index in [1.54, 1.807) is 4.90 Å². The summed E-state index contributed by atoms with van der Waals surface area (Å²) >= 11 is 0. The quantitative estimate of drug-likeness (QED) is 0.826. The van der Waals surface area contributed by atoms with Crippen molar-refractivity contribution in [1.29, 1.82) is 0 Å². The normalized spacial score (nSPS) is 15.3. The van der Waals surface area contributed by atoms with Crippen LogP contribution in [-0.4, -0.2) is 52.3 Å². The Morgan fingerprint density at radius 1 is 1.27 bits per heavy atom. The molecule has 0 unspecified atom stereocenters. The van der Waals surface area contributed by atoms with Crippen LogP contribution in [0.3, 0.4) is 0 Å². The van der Waals surface area contributed by atoms with Crippen molar-refractivity contribution in [1.82, 2.24) is 9.47 Å².